The summed E-state index contributed by atoms with van der Waals surface area (Å²) in [6, 6.07) is 23.2. The number of amides is 1. The lowest BCUT2D eigenvalue weighted by Crippen LogP contribution is -2.50. The van der Waals surface area contributed by atoms with Gasteiger partial charge in [-0.2, -0.15) is 0 Å². The van der Waals surface area contributed by atoms with Crippen molar-refractivity contribution in [3.63, 3.8) is 0 Å². The normalized spacial score (nSPS) is 12.0. The van der Waals surface area contributed by atoms with Crippen molar-refractivity contribution in [3.05, 3.63) is 107 Å². The van der Waals surface area contributed by atoms with Gasteiger partial charge in [0, 0.05) is 6.42 Å². The number of nitrogens with one attached hydrogen (secondary N) is 1. The number of hydrogen-bond acceptors (Lipinski definition) is 3. The van der Waals surface area contributed by atoms with E-state index < -0.39 is 29.3 Å². The van der Waals surface area contributed by atoms with E-state index in [4.69, 9.17) is 5.11 Å². The number of aromatic carboxylic acids is 1. The smallest absolute Gasteiger partial charge is 0.335 e. The zero-order valence-electron chi connectivity index (χ0n) is 17.0. The molecule has 3 N–H and O–H groups in total. The molecule has 3 aromatic rings. The second-order valence-corrected chi connectivity index (χ2v) is 7.43. The third-order valence-corrected chi connectivity index (χ3v) is 5.40. The number of hydrogen-bond donors (Lipinski definition) is 3. The van der Waals surface area contributed by atoms with E-state index in [2.05, 4.69) is 5.32 Å². The van der Waals surface area contributed by atoms with Crippen LogP contribution in [0.2, 0.25) is 0 Å². The van der Waals surface area contributed by atoms with Crippen LogP contribution in [0.5, 0.6) is 0 Å². The van der Waals surface area contributed by atoms with E-state index in [1.54, 1.807) is 19.1 Å². The summed E-state index contributed by atoms with van der Waals surface area (Å²) in [4.78, 5) is 36.4. The molecule has 158 valence electrons. The van der Waals surface area contributed by atoms with E-state index >= 15 is 0 Å². The second-order valence-electron chi connectivity index (χ2n) is 7.43. The minimum Gasteiger partial charge on any atom is -0.480 e. The highest BCUT2D eigenvalue weighted by molar-refractivity contribution is 5.94. The van der Waals surface area contributed by atoms with Gasteiger partial charge in [-0.25, -0.2) is 9.59 Å². The van der Waals surface area contributed by atoms with Crippen LogP contribution in [0.1, 0.15) is 34.0 Å². The van der Waals surface area contributed by atoms with Gasteiger partial charge in [-0.15, -0.1) is 0 Å². The van der Waals surface area contributed by atoms with Gasteiger partial charge in [-0.1, -0.05) is 72.8 Å². The van der Waals surface area contributed by atoms with Gasteiger partial charge < -0.3 is 15.5 Å². The average Bonchev–Trinajstić information content (AvgIpc) is 2.79. The minimum atomic E-state index is -1.17. The molecule has 0 saturated carbocycles. The van der Waals surface area contributed by atoms with Crippen LogP contribution in [-0.4, -0.2) is 34.1 Å². The number of aliphatic carboxylic acids is 1. The topological polar surface area (TPSA) is 104 Å². The van der Waals surface area contributed by atoms with Crippen LogP contribution >= 0.6 is 0 Å². The van der Waals surface area contributed by atoms with Crippen LogP contribution in [-0.2, 0) is 21.4 Å². The number of carboxylic acids is 2. The van der Waals surface area contributed by atoms with Gasteiger partial charge in [0.2, 0.25) is 5.91 Å². The van der Waals surface area contributed by atoms with Crippen LogP contribution in [0.25, 0.3) is 0 Å². The predicted molar refractivity (Wildman–Crippen MR) is 116 cm³/mol. The molecule has 0 aliphatic rings. The van der Waals surface area contributed by atoms with Crippen LogP contribution in [0, 0.1) is 0 Å². The molecule has 0 aromatic heterocycles. The van der Waals surface area contributed by atoms with Gasteiger partial charge in [0.05, 0.1) is 11.0 Å². The first-order valence-corrected chi connectivity index (χ1v) is 9.79. The molecule has 3 aromatic carbocycles. The molecule has 0 heterocycles. The maximum atomic E-state index is 13.5. The number of rotatable bonds is 8. The lowest BCUT2D eigenvalue weighted by Gasteiger charge is -2.31. The van der Waals surface area contributed by atoms with Crippen LogP contribution in [0.3, 0.4) is 0 Å². The molecule has 0 unspecified atom stereocenters. The maximum absolute atomic E-state index is 13.5. The van der Waals surface area contributed by atoms with Crippen molar-refractivity contribution >= 4 is 17.8 Å². The largest absolute Gasteiger partial charge is 0.480 e. The van der Waals surface area contributed by atoms with Crippen molar-refractivity contribution < 1.29 is 24.6 Å². The highest BCUT2D eigenvalue weighted by atomic mass is 16.4. The third kappa shape index (κ3) is 4.80. The zero-order chi connectivity index (χ0) is 22.4. The van der Waals surface area contributed by atoms with Gasteiger partial charge in [-0.3, -0.25) is 4.79 Å². The fraction of sp³-hybridized carbons (Fsp3) is 0.160. The Morgan fingerprint density at radius 1 is 0.806 bits per heavy atom. The van der Waals surface area contributed by atoms with Crippen molar-refractivity contribution in [1.82, 2.24) is 5.32 Å². The molecule has 1 atom stereocenters. The van der Waals surface area contributed by atoms with E-state index in [1.165, 1.54) is 12.1 Å². The molecular formula is C25H23NO5. The fourth-order valence-corrected chi connectivity index (χ4v) is 3.49. The highest BCUT2D eigenvalue weighted by Gasteiger charge is 2.38. The van der Waals surface area contributed by atoms with Crippen molar-refractivity contribution in [3.8, 4) is 0 Å². The maximum Gasteiger partial charge on any atom is 0.335 e. The Hall–Kier alpha value is -3.93. The van der Waals surface area contributed by atoms with E-state index in [0.29, 0.717) is 5.56 Å². The summed E-state index contributed by atoms with van der Waals surface area (Å²) in [5.74, 6) is -2.66. The summed E-state index contributed by atoms with van der Waals surface area (Å²) in [7, 11) is 0. The van der Waals surface area contributed by atoms with E-state index in [0.717, 1.165) is 11.1 Å². The molecule has 3 rings (SSSR count). The van der Waals surface area contributed by atoms with E-state index in [1.807, 2.05) is 60.7 Å². The van der Waals surface area contributed by atoms with Crippen LogP contribution in [0.15, 0.2) is 84.9 Å². The lowest BCUT2D eigenvalue weighted by atomic mass is 9.75. The molecule has 6 nitrogen and oxygen atoms in total. The van der Waals surface area contributed by atoms with Gasteiger partial charge >= 0.3 is 11.9 Å². The zero-order valence-corrected chi connectivity index (χ0v) is 17.0. The molecule has 0 radical (unpaired) electrons. The molecule has 1 amide bonds. The Balaban J connectivity index is 1.90. The van der Waals surface area contributed by atoms with Crippen LogP contribution < -0.4 is 5.32 Å². The molecule has 0 fully saturated rings. The molecule has 0 aliphatic heterocycles. The van der Waals surface area contributed by atoms with Gasteiger partial charge in [0.25, 0.3) is 0 Å². The third-order valence-electron chi connectivity index (χ3n) is 5.40. The van der Waals surface area contributed by atoms with Crippen molar-refractivity contribution in [2.45, 2.75) is 24.8 Å². The van der Waals surface area contributed by atoms with Crippen molar-refractivity contribution in [2.75, 3.05) is 0 Å². The summed E-state index contributed by atoms with van der Waals surface area (Å²) in [6.45, 7) is 1.77. The molecule has 0 bridgehead atoms. The number of benzene rings is 3. The quantitative estimate of drug-likeness (QED) is 0.520. The molecular weight excluding hydrogens is 394 g/mol. The van der Waals surface area contributed by atoms with E-state index in [-0.39, 0.29) is 12.0 Å². The monoisotopic (exact) mass is 417 g/mol. The fourth-order valence-electron chi connectivity index (χ4n) is 3.49. The standard InChI is InChI=1S/C25H23NO5/c1-25(19-8-4-2-5-9-19,20-10-6-3-7-11-20)24(31)26-21(23(29)30)16-17-12-14-18(15-13-17)22(27)28/h2-15,21H,16H2,1H3,(H,26,31)(H,27,28)(H,29,30)/t21-/m1/s1. The van der Waals surface area contributed by atoms with Crippen molar-refractivity contribution in [2.24, 2.45) is 0 Å². The predicted octanol–water partition coefficient (Wildman–Crippen LogP) is 3.50. The minimum absolute atomic E-state index is 0.0284. The van der Waals surface area contributed by atoms with Crippen LogP contribution in [0.4, 0.5) is 0 Å². The van der Waals surface area contributed by atoms with Gasteiger partial charge in [0.15, 0.2) is 0 Å². The average molecular weight is 417 g/mol. The second kappa shape index (κ2) is 9.26. The first-order valence-electron chi connectivity index (χ1n) is 9.79. The van der Waals surface area contributed by atoms with Crippen molar-refractivity contribution in [1.29, 1.82) is 0 Å². The Bertz CT molecular complexity index is 1020. The first-order chi connectivity index (χ1) is 14.8. The summed E-state index contributed by atoms with van der Waals surface area (Å²) < 4.78 is 0. The first kappa shape index (κ1) is 21.8. The molecule has 6 heteroatoms. The van der Waals surface area contributed by atoms with Gasteiger partial charge in [0.1, 0.15) is 6.04 Å². The lowest BCUT2D eigenvalue weighted by molar-refractivity contribution is -0.142. The molecule has 31 heavy (non-hydrogen) atoms. The van der Waals surface area contributed by atoms with Gasteiger partial charge in [-0.05, 0) is 35.7 Å². The number of carbonyl (C=O) groups excluding carboxylic acids is 1. The summed E-state index contributed by atoms with van der Waals surface area (Å²) in [6.07, 6.45) is 0.0284. The summed E-state index contributed by atoms with van der Waals surface area (Å²) in [5.41, 5.74) is 1.12. The Morgan fingerprint density at radius 3 is 1.71 bits per heavy atom. The Kier molecular flexibility index (Phi) is 6.50. The molecule has 0 aliphatic carbocycles. The highest BCUT2D eigenvalue weighted by Crippen LogP contribution is 2.32. The Labute approximate surface area is 180 Å². The number of carboxylic acid groups (broad SMARTS) is 2. The molecule has 0 spiro atoms. The Morgan fingerprint density at radius 2 is 1.29 bits per heavy atom. The number of carbonyl (C=O) groups is 3. The molecule has 0 saturated heterocycles. The SMILES string of the molecule is CC(C(=O)N[C@H](Cc1ccc(C(=O)O)cc1)C(=O)O)(c1ccccc1)c1ccccc1. The summed E-state index contributed by atoms with van der Waals surface area (Å²) in [5, 5.41) is 21.4. The van der Waals surface area contributed by atoms with E-state index in [9.17, 15) is 19.5 Å². The summed E-state index contributed by atoms with van der Waals surface area (Å²) >= 11 is 0.